The van der Waals surface area contributed by atoms with Gasteiger partial charge in [0.1, 0.15) is 11.4 Å². The van der Waals surface area contributed by atoms with Gasteiger partial charge in [0.2, 0.25) is 0 Å². The fourth-order valence-electron chi connectivity index (χ4n) is 4.89. The van der Waals surface area contributed by atoms with Gasteiger partial charge in [-0.05, 0) is 46.2 Å². The summed E-state index contributed by atoms with van der Waals surface area (Å²) in [5.41, 5.74) is 3.54. The Morgan fingerprint density at radius 2 is 1.97 bits per heavy atom. The summed E-state index contributed by atoms with van der Waals surface area (Å²) in [4.78, 5) is 30.6. The summed E-state index contributed by atoms with van der Waals surface area (Å²) in [6.07, 6.45) is 6.12. The molecule has 1 amide bonds. The molecule has 1 unspecified atom stereocenters. The van der Waals surface area contributed by atoms with Crippen molar-refractivity contribution >= 4 is 33.7 Å². The van der Waals surface area contributed by atoms with Crippen LogP contribution in [0.15, 0.2) is 30.7 Å². The molecular weight excluding hydrogens is 498 g/mol. The van der Waals surface area contributed by atoms with Crippen LogP contribution < -0.4 is 9.64 Å². The van der Waals surface area contributed by atoms with Crippen LogP contribution in [0.4, 0.5) is 10.5 Å². The number of aryl methyl sites for hydroxylation is 2. The second kappa shape index (κ2) is 10.3. The molecule has 1 aliphatic heterocycles. The van der Waals surface area contributed by atoms with Crippen molar-refractivity contribution in [1.82, 2.24) is 29.6 Å². The Balaban J connectivity index is 1.40. The highest BCUT2D eigenvalue weighted by Gasteiger charge is 2.31. The minimum atomic E-state index is -0.524. The lowest BCUT2D eigenvalue weighted by atomic mass is 10.0. The SMILES string of the molecule is COCOc1c(-c2ncc3cc(N4CCC(N(C)C(=O)OC(C)(C)C)C4)cnc3n2)cc2cn(C)nc2c1C. The van der Waals surface area contributed by atoms with Gasteiger partial charge in [0.15, 0.2) is 18.3 Å². The van der Waals surface area contributed by atoms with Gasteiger partial charge < -0.3 is 24.0 Å². The van der Waals surface area contributed by atoms with E-state index in [1.54, 1.807) is 29.9 Å². The summed E-state index contributed by atoms with van der Waals surface area (Å²) >= 11 is 0. The molecule has 0 spiro atoms. The third-order valence-corrected chi connectivity index (χ3v) is 6.84. The summed E-state index contributed by atoms with van der Waals surface area (Å²) in [5.74, 6) is 1.15. The zero-order valence-corrected chi connectivity index (χ0v) is 23.6. The van der Waals surface area contributed by atoms with E-state index in [0.717, 1.165) is 46.1 Å². The van der Waals surface area contributed by atoms with Gasteiger partial charge >= 0.3 is 6.09 Å². The highest BCUT2D eigenvalue weighted by atomic mass is 16.7. The predicted molar refractivity (Wildman–Crippen MR) is 149 cm³/mol. The molecule has 1 fully saturated rings. The number of nitrogens with zero attached hydrogens (tertiary/aromatic N) is 7. The van der Waals surface area contributed by atoms with Crippen molar-refractivity contribution in [3.63, 3.8) is 0 Å². The van der Waals surface area contributed by atoms with Crippen LogP contribution in [-0.2, 0) is 16.5 Å². The van der Waals surface area contributed by atoms with Crippen molar-refractivity contribution in [1.29, 1.82) is 0 Å². The lowest BCUT2D eigenvalue weighted by Gasteiger charge is -2.28. The second-order valence-electron chi connectivity index (χ2n) is 10.9. The predicted octanol–water partition coefficient (Wildman–Crippen LogP) is 4.32. The smallest absolute Gasteiger partial charge is 0.410 e. The zero-order valence-electron chi connectivity index (χ0n) is 23.6. The van der Waals surface area contributed by atoms with E-state index >= 15 is 0 Å². The largest absolute Gasteiger partial charge is 0.466 e. The number of carbonyl (C=O) groups excluding carboxylic acids is 1. The number of hydrogen-bond acceptors (Lipinski definition) is 9. The highest BCUT2D eigenvalue weighted by Crippen LogP contribution is 2.37. The van der Waals surface area contributed by atoms with Gasteiger partial charge in [-0.3, -0.25) is 4.68 Å². The number of hydrogen-bond donors (Lipinski definition) is 0. The van der Waals surface area contributed by atoms with Gasteiger partial charge in [-0.25, -0.2) is 19.7 Å². The van der Waals surface area contributed by atoms with Gasteiger partial charge in [0.05, 0.1) is 29.0 Å². The monoisotopic (exact) mass is 533 g/mol. The van der Waals surface area contributed by atoms with Crippen molar-refractivity contribution in [2.45, 2.75) is 45.8 Å². The third-order valence-electron chi connectivity index (χ3n) is 6.84. The molecule has 11 nitrogen and oxygen atoms in total. The van der Waals surface area contributed by atoms with Crippen LogP contribution in [0.1, 0.15) is 32.8 Å². The molecule has 0 bridgehead atoms. The first kappa shape index (κ1) is 26.6. The molecule has 3 aromatic heterocycles. The van der Waals surface area contributed by atoms with Gasteiger partial charge in [-0.2, -0.15) is 5.10 Å². The molecule has 1 aromatic carbocycles. The molecule has 39 heavy (non-hydrogen) atoms. The topological polar surface area (TPSA) is 108 Å². The Kier molecular flexibility index (Phi) is 7.02. The Morgan fingerprint density at radius 3 is 2.72 bits per heavy atom. The van der Waals surface area contributed by atoms with Crippen LogP contribution in [0, 0.1) is 6.92 Å². The molecule has 4 aromatic rings. The minimum Gasteiger partial charge on any atom is -0.466 e. The Bertz CT molecular complexity index is 1530. The van der Waals surface area contributed by atoms with Gasteiger partial charge in [0.25, 0.3) is 0 Å². The standard InChI is InChI=1S/C28H35N7O4/c1-17-23-19(14-33(5)32-23)11-22(24(17)38-16-37-7)26-29-12-18-10-21(13-30-25(18)31-26)35-9-8-20(15-35)34(6)27(36)39-28(2,3)4/h10-14,20H,8-9,15-16H2,1-7H3. The molecule has 0 N–H and O–H groups in total. The number of ether oxygens (including phenoxy) is 3. The van der Waals surface area contributed by atoms with E-state index in [2.05, 4.69) is 20.0 Å². The number of likely N-dealkylation sites (N-methyl/N-ethyl adjacent to an activating group) is 1. The van der Waals surface area contributed by atoms with E-state index in [1.807, 2.05) is 59.3 Å². The van der Waals surface area contributed by atoms with E-state index in [0.29, 0.717) is 23.8 Å². The molecule has 4 heterocycles. The highest BCUT2D eigenvalue weighted by molar-refractivity contribution is 5.91. The van der Waals surface area contributed by atoms with Crippen molar-refractivity contribution < 1.29 is 19.0 Å². The molecule has 0 saturated carbocycles. The number of fused-ring (bicyclic) bond motifs is 2. The normalized spacial score (nSPS) is 15.8. The summed E-state index contributed by atoms with van der Waals surface area (Å²) < 4.78 is 18.4. The molecule has 0 radical (unpaired) electrons. The average molecular weight is 534 g/mol. The van der Waals surface area contributed by atoms with Gasteiger partial charge in [0, 0.05) is 63.0 Å². The fraction of sp³-hybridized carbons (Fsp3) is 0.464. The molecule has 1 saturated heterocycles. The van der Waals surface area contributed by atoms with E-state index < -0.39 is 5.60 Å². The number of methoxy groups -OCH3 is 1. The minimum absolute atomic E-state index is 0.0605. The second-order valence-corrected chi connectivity index (χ2v) is 10.9. The molecular formula is C28H35N7O4. The maximum absolute atomic E-state index is 12.5. The van der Waals surface area contributed by atoms with Crippen molar-refractivity contribution in [2.75, 3.05) is 38.9 Å². The zero-order chi connectivity index (χ0) is 27.9. The first-order valence-corrected chi connectivity index (χ1v) is 13.0. The lowest BCUT2D eigenvalue weighted by molar-refractivity contribution is 0.0238. The number of rotatable bonds is 6. The van der Waals surface area contributed by atoms with Crippen LogP contribution in [0.25, 0.3) is 33.3 Å². The Labute approximate surface area is 227 Å². The Hall–Kier alpha value is -3.99. The Morgan fingerprint density at radius 1 is 1.18 bits per heavy atom. The van der Waals surface area contributed by atoms with Crippen LogP contribution in [0.5, 0.6) is 5.75 Å². The summed E-state index contributed by atoms with van der Waals surface area (Å²) in [6, 6.07) is 4.09. The maximum Gasteiger partial charge on any atom is 0.410 e. The van der Waals surface area contributed by atoms with Crippen LogP contribution >= 0.6 is 0 Å². The number of anilines is 1. The number of pyridine rings is 1. The van der Waals surface area contributed by atoms with E-state index in [9.17, 15) is 4.79 Å². The molecule has 1 aliphatic rings. The van der Waals surface area contributed by atoms with Crippen LogP contribution in [0.3, 0.4) is 0 Å². The third kappa shape index (κ3) is 5.44. The quantitative estimate of drug-likeness (QED) is 0.335. The first-order valence-electron chi connectivity index (χ1n) is 13.0. The van der Waals surface area contributed by atoms with Crippen molar-refractivity contribution in [2.24, 2.45) is 7.05 Å². The van der Waals surface area contributed by atoms with E-state index in [4.69, 9.17) is 19.2 Å². The molecule has 206 valence electrons. The van der Waals surface area contributed by atoms with Crippen molar-refractivity contribution in [3.8, 4) is 17.1 Å². The average Bonchev–Trinajstić information content (AvgIpc) is 3.53. The first-order chi connectivity index (χ1) is 18.5. The van der Waals surface area contributed by atoms with Crippen molar-refractivity contribution in [3.05, 3.63) is 36.3 Å². The molecule has 5 rings (SSSR count). The van der Waals surface area contributed by atoms with Crippen LogP contribution in [-0.4, -0.2) is 81.4 Å². The lowest BCUT2D eigenvalue weighted by Crippen LogP contribution is -2.42. The summed E-state index contributed by atoms with van der Waals surface area (Å²) in [7, 11) is 5.27. The van der Waals surface area contributed by atoms with E-state index in [1.165, 1.54) is 0 Å². The number of aromatic nitrogens is 5. The maximum atomic E-state index is 12.5. The number of amides is 1. The molecule has 11 heteroatoms. The molecule has 0 aliphatic carbocycles. The van der Waals surface area contributed by atoms with Crippen LogP contribution in [0.2, 0.25) is 0 Å². The fourth-order valence-corrected chi connectivity index (χ4v) is 4.89. The number of benzene rings is 1. The summed E-state index contributed by atoms with van der Waals surface area (Å²) in [6.45, 7) is 9.21. The summed E-state index contributed by atoms with van der Waals surface area (Å²) in [5, 5.41) is 6.37. The van der Waals surface area contributed by atoms with E-state index in [-0.39, 0.29) is 18.9 Å². The van der Waals surface area contributed by atoms with Gasteiger partial charge in [-0.1, -0.05) is 0 Å². The van der Waals surface area contributed by atoms with Gasteiger partial charge in [-0.15, -0.1) is 0 Å². The number of carbonyl (C=O) groups is 1. The molecule has 1 atom stereocenters.